The third-order valence-corrected chi connectivity index (χ3v) is 2.22. The van der Waals surface area contributed by atoms with Crippen LogP contribution in [0.25, 0.3) is 0 Å². The first-order valence-electron chi connectivity index (χ1n) is 4.75. The number of nitrogens with zero attached hydrogens (tertiary/aromatic N) is 1. The minimum atomic E-state index is -0.657. The molecule has 0 aliphatic rings. The molecule has 15 heavy (non-hydrogen) atoms. The van der Waals surface area contributed by atoms with Gasteiger partial charge >= 0.3 is 0 Å². The predicted molar refractivity (Wildman–Crippen MR) is 54.7 cm³/mol. The number of hydrogen-bond donors (Lipinski definition) is 0. The Kier molecular flexibility index (Phi) is 3.56. The highest BCUT2D eigenvalue weighted by Gasteiger charge is 2.22. The van der Waals surface area contributed by atoms with Gasteiger partial charge in [0.15, 0.2) is 5.78 Å². The second kappa shape index (κ2) is 4.70. The van der Waals surface area contributed by atoms with E-state index in [0.717, 1.165) is 0 Å². The van der Waals surface area contributed by atoms with Crippen molar-refractivity contribution in [1.29, 1.82) is 5.26 Å². The number of nitriles is 1. The number of benzene rings is 1. The van der Waals surface area contributed by atoms with Crippen LogP contribution in [-0.2, 0) is 0 Å². The van der Waals surface area contributed by atoms with Gasteiger partial charge in [-0.2, -0.15) is 5.26 Å². The van der Waals surface area contributed by atoms with Crippen LogP contribution < -0.4 is 0 Å². The Morgan fingerprint density at radius 3 is 2.27 bits per heavy atom. The molecule has 0 fully saturated rings. The second-order valence-corrected chi connectivity index (χ2v) is 3.72. The van der Waals surface area contributed by atoms with Crippen molar-refractivity contribution in [3.63, 3.8) is 0 Å². The van der Waals surface area contributed by atoms with E-state index in [0.29, 0.717) is 5.56 Å². The Labute approximate surface area is 88.3 Å². The van der Waals surface area contributed by atoms with Crippen molar-refractivity contribution < 1.29 is 9.18 Å². The van der Waals surface area contributed by atoms with Gasteiger partial charge in [0.1, 0.15) is 11.7 Å². The van der Waals surface area contributed by atoms with E-state index in [4.69, 9.17) is 5.26 Å². The van der Waals surface area contributed by atoms with Crippen LogP contribution in [0.15, 0.2) is 24.3 Å². The summed E-state index contributed by atoms with van der Waals surface area (Å²) in [6, 6.07) is 7.23. The molecule has 3 heteroatoms. The zero-order chi connectivity index (χ0) is 11.4. The van der Waals surface area contributed by atoms with Gasteiger partial charge in [0.05, 0.1) is 6.07 Å². The lowest BCUT2D eigenvalue weighted by Crippen LogP contribution is -2.18. The molecule has 0 amide bonds. The molecule has 0 N–H and O–H groups in total. The highest BCUT2D eigenvalue weighted by molar-refractivity contribution is 5.99. The zero-order valence-electron chi connectivity index (χ0n) is 8.70. The van der Waals surface area contributed by atoms with Gasteiger partial charge in [0.25, 0.3) is 0 Å². The van der Waals surface area contributed by atoms with Crippen molar-refractivity contribution in [3.05, 3.63) is 35.6 Å². The SMILES string of the molecule is CC(C)C(C#N)C(=O)c1ccc(F)cc1. The Bertz CT molecular complexity index is 389. The van der Waals surface area contributed by atoms with Gasteiger partial charge in [-0.05, 0) is 30.2 Å². The van der Waals surface area contributed by atoms with Crippen molar-refractivity contribution >= 4 is 5.78 Å². The summed E-state index contributed by atoms with van der Waals surface area (Å²) < 4.78 is 12.6. The third kappa shape index (κ3) is 2.63. The van der Waals surface area contributed by atoms with Crippen LogP contribution in [0.2, 0.25) is 0 Å². The largest absolute Gasteiger partial charge is 0.293 e. The first kappa shape index (κ1) is 11.4. The van der Waals surface area contributed by atoms with Crippen LogP contribution in [0.1, 0.15) is 24.2 Å². The second-order valence-electron chi connectivity index (χ2n) is 3.72. The lowest BCUT2D eigenvalue weighted by Gasteiger charge is -2.11. The summed E-state index contributed by atoms with van der Waals surface area (Å²) in [4.78, 5) is 11.8. The van der Waals surface area contributed by atoms with Gasteiger partial charge < -0.3 is 0 Å². The molecule has 1 unspecified atom stereocenters. The molecule has 0 aromatic heterocycles. The van der Waals surface area contributed by atoms with Crippen LogP contribution in [0.5, 0.6) is 0 Å². The average molecular weight is 205 g/mol. The molecule has 1 aromatic carbocycles. The van der Waals surface area contributed by atoms with Crippen molar-refractivity contribution in [2.24, 2.45) is 11.8 Å². The number of hydrogen-bond acceptors (Lipinski definition) is 2. The topological polar surface area (TPSA) is 40.9 Å². The van der Waals surface area contributed by atoms with Crippen molar-refractivity contribution in [2.45, 2.75) is 13.8 Å². The molecule has 0 radical (unpaired) electrons. The van der Waals surface area contributed by atoms with Crippen molar-refractivity contribution in [3.8, 4) is 6.07 Å². The first-order chi connectivity index (χ1) is 7.06. The van der Waals surface area contributed by atoms with Crippen LogP contribution in [0.4, 0.5) is 4.39 Å². The summed E-state index contributed by atoms with van der Waals surface area (Å²) in [5.74, 6) is -1.32. The van der Waals surface area contributed by atoms with E-state index in [1.165, 1.54) is 24.3 Å². The molecule has 1 rings (SSSR count). The van der Waals surface area contributed by atoms with Gasteiger partial charge in [0, 0.05) is 5.56 Å². The van der Waals surface area contributed by atoms with E-state index >= 15 is 0 Å². The Morgan fingerprint density at radius 1 is 1.33 bits per heavy atom. The molecule has 78 valence electrons. The van der Waals surface area contributed by atoms with E-state index in [-0.39, 0.29) is 17.5 Å². The number of carbonyl (C=O) groups is 1. The molecule has 0 aliphatic carbocycles. The van der Waals surface area contributed by atoms with Gasteiger partial charge in [-0.1, -0.05) is 13.8 Å². The number of rotatable bonds is 3. The fourth-order valence-corrected chi connectivity index (χ4v) is 1.30. The number of Topliss-reactive ketones (excluding diaryl/α,β-unsaturated/α-hetero) is 1. The maximum absolute atomic E-state index is 12.6. The van der Waals surface area contributed by atoms with Crippen molar-refractivity contribution in [1.82, 2.24) is 0 Å². The molecular formula is C12H12FNO. The normalized spacial score (nSPS) is 12.2. The quantitative estimate of drug-likeness (QED) is 0.712. The molecule has 0 saturated carbocycles. The average Bonchev–Trinajstić information content (AvgIpc) is 2.19. The minimum absolute atomic E-state index is 0.0347. The van der Waals surface area contributed by atoms with Gasteiger partial charge in [-0.15, -0.1) is 0 Å². The zero-order valence-corrected chi connectivity index (χ0v) is 8.70. The lowest BCUT2D eigenvalue weighted by molar-refractivity contribution is 0.0924. The van der Waals surface area contributed by atoms with Crippen LogP contribution in [0, 0.1) is 29.0 Å². The molecule has 0 bridgehead atoms. The van der Waals surface area contributed by atoms with E-state index in [2.05, 4.69) is 0 Å². The molecule has 0 spiro atoms. The predicted octanol–water partition coefficient (Wildman–Crippen LogP) is 2.80. The standard InChI is InChI=1S/C12H12FNO/c1-8(2)11(7-14)12(15)9-3-5-10(13)6-4-9/h3-6,8,11H,1-2H3. The highest BCUT2D eigenvalue weighted by Crippen LogP contribution is 2.16. The smallest absolute Gasteiger partial charge is 0.180 e. The van der Waals surface area contributed by atoms with E-state index in [1.54, 1.807) is 0 Å². The van der Waals surface area contributed by atoms with Gasteiger partial charge in [0.2, 0.25) is 0 Å². The van der Waals surface area contributed by atoms with Crippen LogP contribution in [0.3, 0.4) is 0 Å². The lowest BCUT2D eigenvalue weighted by atomic mass is 9.89. The van der Waals surface area contributed by atoms with Crippen LogP contribution in [-0.4, -0.2) is 5.78 Å². The molecule has 0 heterocycles. The molecule has 0 saturated heterocycles. The van der Waals surface area contributed by atoms with Crippen LogP contribution >= 0.6 is 0 Å². The molecule has 1 atom stereocenters. The summed E-state index contributed by atoms with van der Waals surface area (Å²) in [5.41, 5.74) is 0.386. The maximum Gasteiger partial charge on any atom is 0.180 e. The summed E-state index contributed by atoms with van der Waals surface area (Å²) in [6.07, 6.45) is 0. The summed E-state index contributed by atoms with van der Waals surface area (Å²) in [6.45, 7) is 3.63. The van der Waals surface area contributed by atoms with E-state index in [9.17, 15) is 9.18 Å². The summed E-state index contributed by atoms with van der Waals surface area (Å²) in [7, 11) is 0. The fraction of sp³-hybridized carbons (Fsp3) is 0.333. The van der Waals surface area contributed by atoms with E-state index in [1.807, 2.05) is 19.9 Å². The monoisotopic (exact) mass is 205 g/mol. The summed E-state index contributed by atoms with van der Waals surface area (Å²) >= 11 is 0. The molecule has 0 aliphatic heterocycles. The Morgan fingerprint density at radius 2 is 1.87 bits per heavy atom. The Hall–Kier alpha value is -1.69. The molecular weight excluding hydrogens is 193 g/mol. The number of ketones is 1. The number of carbonyl (C=O) groups excluding carboxylic acids is 1. The minimum Gasteiger partial charge on any atom is -0.293 e. The first-order valence-corrected chi connectivity index (χ1v) is 4.75. The Balaban J connectivity index is 2.94. The molecule has 1 aromatic rings. The van der Waals surface area contributed by atoms with Gasteiger partial charge in [-0.25, -0.2) is 4.39 Å². The number of halogens is 1. The maximum atomic E-state index is 12.6. The fourth-order valence-electron chi connectivity index (χ4n) is 1.30. The highest BCUT2D eigenvalue weighted by atomic mass is 19.1. The summed E-state index contributed by atoms with van der Waals surface area (Å²) in [5, 5.41) is 8.84. The van der Waals surface area contributed by atoms with Gasteiger partial charge in [-0.3, -0.25) is 4.79 Å². The molecule has 2 nitrogen and oxygen atoms in total. The third-order valence-electron chi connectivity index (χ3n) is 2.22. The van der Waals surface area contributed by atoms with E-state index < -0.39 is 5.92 Å². The van der Waals surface area contributed by atoms with Crippen molar-refractivity contribution in [2.75, 3.05) is 0 Å².